The van der Waals surface area contributed by atoms with Crippen LogP contribution in [0.15, 0.2) is 77.7 Å². The number of para-hydroxylation sites is 2. The molecule has 178 valence electrons. The lowest BCUT2D eigenvalue weighted by atomic mass is 9.87. The summed E-state index contributed by atoms with van der Waals surface area (Å²) in [5.74, 6) is -1.14. The summed E-state index contributed by atoms with van der Waals surface area (Å²) in [6.45, 7) is 6.30. The number of nitrogens with one attached hydrogen (secondary N) is 2. The van der Waals surface area contributed by atoms with Crippen LogP contribution >= 0.6 is 11.6 Å². The quantitative estimate of drug-likeness (QED) is 0.437. The minimum Gasteiger partial charge on any atom is -0.324 e. The van der Waals surface area contributed by atoms with Gasteiger partial charge in [0.1, 0.15) is 0 Å². The minimum atomic E-state index is -3.63. The molecule has 3 aromatic carbocycles. The molecule has 6 nitrogen and oxygen atoms in total. The van der Waals surface area contributed by atoms with E-state index in [9.17, 15) is 18.0 Å². The number of hydrogen-bond donors (Lipinski definition) is 2. The number of carbonyl (C=O) groups is 2. The Bertz CT molecular complexity index is 1280. The van der Waals surface area contributed by atoms with Gasteiger partial charge in [0, 0.05) is 17.0 Å². The molecule has 0 aliphatic rings. The molecule has 0 unspecified atom stereocenters. The summed E-state index contributed by atoms with van der Waals surface area (Å²) in [5, 5.41) is 5.93. The number of carbonyl (C=O) groups excluding carboxylic acids is 2. The van der Waals surface area contributed by atoms with Crippen molar-refractivity contribution < 1.29 is 18.0 Å². The third kappa shape index (κ3) is 6.68. The first-order chi connectivity index (χ1) is 16.0. The topological polar surface area (TPSA) is 92.3 Å². The highest BCUT2D eigenvalue weighted by atomic mass is 35.5. The Kier molecular flexibility index (Phi) is 7.79. The summed E-state index contributed by atoms with van der Waals surface area (Å²) >= 11 is 5.81. The Morgan fingerprint density at radius 2 is 1.38 bits per heavy atom. The fraction of sp³-hybridized carbons (Fsp3) is 0.231. The Morgan fingerprint density at radius 1 is 0.824 bits per heavy atom. The summed E-state index contributed by atoms with van der Waals surface area (Å²) in [7, 11) is -3.63. The highest BCUT2D eigenvalue weighted by Crippen LogP contribution is 2.25. The third-order valence-electron chi connectivity index (χ3n) is 5.23. The van der Waals surface area contributed by atoms with Gasteiger partial charge in [0.2, 0.25) is 5.91 Å². The van der Waals surface area contributed by atoms with Crippen LogP contribution in [0.5, 0.6) is 0 Å². The van der Waals surface area contributed by atoms with Crippen molar-refractivity contribution >= 4 is 44.6 Å². The van der Waals surface area contributed by atoms with Gasteiger partial charge in [-0.15, -0.1) is 0 Å². The Labute approximate surface area is 205 Å². The van der Waals surface area contributed by atoms with Crippen LogP contribution in [0.2, 0.25) is 5.02 Å². The van der Waals surface area contributed by atoms with Gasteiger partial charge in [-0.25, -0.2) is 8.42 Å². The average Bonchev–Trinajstić information content (AvgIpc) is 2.79. The van der Waals surface area contributed by atoms with E-state index in [0.717, 1.165) is 5.56 Å². The maximum absolute atomic E-state index is 12.7. The third-order valence-corrected chi connectivity index (χ3v) is 7.22. The number of benzene rings is 3. The van der Waals surface area contributed by atoms with E-state index in [0.29, 0.717) is 22.0 Å². The van der Waals surface area contributed by atoms with Gasteiger partial charge in [-0.05, 0) is 59.5 Å². The largest absolute Gasteiger partial charge is 0.324 e. The van der Waals surface area contributed by atoms with Crippen LogP contribution in [-0.4, -0.2) is 26.0 Å². The first-order valence-corrected chi connectivity index (χ1v) is 12.8. The summed E-state index contributed by atoms with van der Waals surface area (Å²) in [4.78, 5) is 25.3. The summed E-state index contributed by atoms with van der Waals surface area (Å²) in [6.07, 6.45) is -0.235. The second kappa shape index (κ2) is 10.4. The molecule has 0 saturated heterocycles. The van der Waals surface area contributed by atoms with Gasteiger partial charge in [-0.2, -0.15) is 0 Å². The zero-order chi connectivity index (χ0) is 24.9. The van der Waals surface area contributed by atoms with Gasteiger partial charge in [-0.3, -0.25) is 9.59 Å². The van der Waals surface area contributed by atoms with E-state index in [2.05, 4.69) is 31.4 Å². The van der Waals surface area contributed by atoms with Crippen molar-refractivity contribution in [1.82, 2.24) is 0 Å². The van der Waals surface area contributed by atoms with Crippen LogP contribution in [0.3, 0.4) is 0 Å². The standard InChI is InChI=1S/C26H27ClN2O4S/c1-26(2,3)19-10-8-18(9-11-19)25(31)29-23-7-5-4-6-22(23)28-24(30)16-17-34(32,33)21-14-12-20(27)13-15-21/h4-15H,16-17H2,1-3H3,(H,28,30)(H,29,31). The van der Waals surface area contributed by atoms with Crippen LogP contribution in [0.1, 0.15) is 43.1 Å². The molecule has 34 heavy (non-hydrogen) atoms. The molecule has 3 rings (SSSR count). The average molecular weight is 499 g/mol. The van der Waals surface area contributed by atoms with Gasteiger partial charge in [0.05, 0.1) is 22.0 Å². The normalized spacial score (nSPS) is 11.6. The maximum Gasteiger partial charge on any atom is 0.255 e. The first-order valence-electron chi connectivity index (χ1n) is 10.7. The molecular weight excluding hydrogens is 472 g/mol. The van der Waals surface area contributed by atoms with E-state index < -0.39 is 15.7 Å². The van der Waals surface area contributed by atoms with Crippen LogP contribution in [0.4, 0.5) is 11.4 Å². The van der Waals surface area contributed by atoms with Crippen LogP contribution in [0.25, 0.3) is 0 Å². The molecule has 0 spiro atoms. The van der Waals surface area contributed by atoms with E-state index >= 15 is 0 Å². The second-order valence-electron chi connectivity index (χ2n) is 8.90. The summed E-state index contributed by atoms with van der Waals surface area (Å²) in [5.41, 5.74) is 2.39. The first kappa shape index (κ1) is 25.5. The van der Waals surface area contributed by atoms with Crippen molar-refractivity contribution in [1.29, 1.82) is 0 Å². The highest BCUT2D eigenvalue weighted by Gasteiger charge is 2.18. The van der Waals surface area contributed by atoms with E-state index in [4.69, 9.17) is 11.6 Å². The predicted octanol–water partition coefficient (Wildman–Crippen LogP) is 5.69. The van der Waals surface area contributed by atoms with Gasteiger partial charge in [0.25, 0.3) is 5.91 Å². The smallest absolute Gasteiger partial charge is 0.255 e. The van der Waals surface area contributed by atoms with Crippen molar-refractivity contribution in [2.45, 2.75) is 37.5 Å². The van der Waals surface area contributed by atoms with E-state index in [1.54, 1.807) is 36.4 Å². The molecule has 0 aliphatic carbocycles. The number of anilines is 2. The lowest BCUT2D eigenvalue weighted by Gasteiger charge is -2.19. The fourth-order valence-corrected chi connectivity index (χ4v) is 4.58. The molecule has 2 N–H and O–H groups in total. The lowest BCUT2D eigenvalue weighted by molar-refractivity contribution is -0.115. The van der Waals surface area contributed by atoms with Crippen molar-refractivity contribution in [2.24, 2.45) is 0 Å². The Morgan fingerprint density at radius 3 is 1.94 bits per heavy atom. The second-order valence-corrected chi connectivity index (χ2v) is 11.4. The van der Waals surface area contributed by atoms with Crippen LogP contribution in [0, 0.1) is 0 Å². The van der Waals surface area contributed by atoms with E-state index in [1.807, 2.05) is 12.1 Å². The molecule has 8 heteroatoms. The molecule has 0 aromatic heterocycles. The predicted molar refractivity (Wildman–Crippen MR) is 136 cm³/mol. The molecule has 0 heterocycles. The van der Waals surface area contributed by atoms with Crippen molar-refractivity contribution in [3.63, 3.8) is 0 Å². The molecule has 0 aliphatic heterocycles. The molecule has 0 atom stereocenters. The number of hydrogen-bond acceptors (Lipinski definition) is 4. The summed E-state index contributed by atoms with van der Waals surface area (Å²) < 4.78 is 25.0. The van der Waals surface area contributed by atoms with Gasteiger partial charge in [0.15, 0.2) is 9.84 Å². The number of halogens is 1. The maximum atomic E-state index is 12.7. The number of rotatable bonds is 7. The highest BCUT2D eigenvalue weighted by molar-refractivity contribution is 7.91. The van der Waals surface area contributed by atoms with Crippen molar-refractivity contribution in [2.75, 3.05) is 16.4 Å². The van der Waals surface area contributed by atoms with E-state index in [-0.39, 0.29) is 28.4 Å². The molecule has 2 amide bonds. The van der Waals surface area contributed by atoms with Crippen LogP contribution in [-0.2, 0) is 20.0 Å². The van der Waals surface area contributed by atoms with Gasteiger partial charge >= 0.3 is 0 Å². The molecule has 0 saturated carbocycles. The lowest BCUT2D eigenvalue weighted by Crippen LogP contribution is -2.19. The molecule has 3 aromatic rings. The monoisotopic (exact) mass is 498 g/mol. The zero-order valence-electron chi connectivity index (χ0n) is 19.3. The SMILES string of the molecule is CC(C)(C)c1ccc(C(=O)Nc2ccccc2NC(=O)CCS(=O)(=O)c2ccc(Cl)cc2)cc1. The van der Waals surface area contributed by atoms with Crippen LogP contribution < -0.4 is 10.6 Å². The van der Waals surface area contributed by atoms with Gasteiger partial charge < -0.3 is 10.6 Å². The molecule has 0 bridgehead atoms. The Hall–Kier alpha value is -3.16. The number of sulfone groups is 1. The van der Waals surface area contributed by atoms with Gasteiger partial charge in [-0.1, -0.05) is 56.6 Å². The fourth-order valence-electron chi connectivity index (χ4n) is 3.22. The van der Waals surface area contributed by atoms with E-state index in [1.165, 1.54) is 24.3 Å². The molecule has 0 radical (unpaired) electrons. The minimum absolute atomic E-state index is 0.0209. The van der Waals surface area contributed by atoms with Crippen molar-refractivity contribution in [3.8, 4) is 0 Å². The molecule has 0 fully saturated rings. The Balaban J connectivity index is 1.65. The summed E-state index contributed by atoms with van der Waals surface area (Å²) in [6, 6.07) is 19.9. The van der Waals surface area contributed by atoms with Crippen molar-refractivity contribution in [3.05, 3.63) is 88.9 Å². The zero-order valence-corrected chi connectivity index (χ0v) is 20.8. The molecular formula is C26H27ClN2O4S. The number of amides is 2.